The molecule has 1 fully saturated rings. The van der Waals surface area contributed by atoms with Crippen molar-refractivity contribution in [2.75, 3.05) is 13.2 Å². The molecule has 2 heterocycles. The summed E-state index contributed by atoms with van der Waals surface area (Å²) in [5, 5.41) is 12.8. The Balaban J connectivity index is 1.81. The molecule has 1 aliphatic heterocycles. The Hall–Kier alpha value is -3.19. The number of isothiocyanates is 1. The highest BCUT2D eigenvalue weighted by Gasteiger charge is 2.26. The van der Waals surface area contributed by atoms with Gasteiger partial charge in [0.25, 0.3) is 5.56 Å². The molecule has 4 rings (SSSR count). The zero-order valence-electron chi connectivity index (χ0n) is 19.6. The topological polar surface area (TPSA) is 95.0 Å². The molecule has 182 valence electrons. The monoisotopic (exact) mass is 511 g/mol. The van der Waals surface area contributed by atoms with Crippen molar-refractivity contribution < 1.29 is 14.6 Å². The number of rotatable bonds is 6. The number of nitrogens with zero attached hydrogens (tertiary/aromatic N) is 2. The second-order valence-corrected chi connectivity index (χ2v) is 9.44. The van der Waals surface area contributed by atoms with E-state index in [0.29, 0.717) is 45.9 Å². The second kappa shape index (κ2) is 10.6. The van der Waals surface area contributed by atoms with E-state index >= 15 is 0 Å². The van der Waals surface area contributed by atoms with E-state index in [1.165, 1.54) is 4.90 Å². The summed E-state index contributed by atoms with van der Waals surface area (Å²) in [6.45, 7) is 4.72. The molecular formula is C26H26ClN3O4S. The number of aromatic amines is 1. The van der Waals surface area contributed by atoms with Gasteiger partial charge in [0, 0.05) is 24.4 Å². The number of H-pyrrole nitrogens is 1. The molecular weight excluding hydrogens is 486 g/mol. The third-order valence-electron chi connectivity index (χ3n) is 6.28. The lowest BCUT2D eigenvalue weighted by Crippen LogP contribution is -2.43. The lowest BCUT2D eigenvalue weighted by molar-refractivity contribution is 0.0969. The average Bonchev–Trinajstić information content (AvgIpc) is 2.79. The zero-order chi connectivity index (χ0) is 25.1. The van der Waals surface area contributed by atoms with Crippen molar-refractivity contribution in [2.45, 2.75) is 45.6 Å². The molecule has 2 aromatic carbocycles. The molecule has 2 N–H and O–H groups in total. The van der Waals surface area contributed by atoms with Crippen LogP contribution in [0.15, 0.2) is 40.1 Å². The lowest BCUT2D eigenvalue weighted by atomic mass is 9.98. The highest BCUT2D eigenvalue weighted by Crippen LogP contribution is 2.38. The molecule has 1 aromatic heterocycles. The van der Waals surface area contributed by atoms with Crippen LogP contribution in [0.25, 0.3) is 22.0 Å². The number of pyridine rings is 1. The fourth-order valence-corrected chi connectivity index (χ4v) is 5.10. The molecule has 35 heavy (non-hydrogen) atoms. The first kappa shape index (κ1) is 24.9. The number of halogens is 1. The van der Waals surface area contributed by atoms with Crippen LogP contribution >= 0.6 is 23.8 Å². The van der Waals surface area contributed by atoms with Crippen LogP contribution in [-0.2, 0) is 0 Å². The van der Waals surface area contributed by atoms with E-state index < -0.39 is 6.09 Å². The molecule has 0 spiro atoms. The predicted molar refractivity (Wildman–Crippen MR) is 142 cm³/mol. The number of ether oxygens (including phenoxy) is 1. The number of aliphatic imine (C=N–C) groups is 1. The van der Waals surface area contributed by atoms with Gasteiger partial charge in [-0.1, -0.05) is 40.9 Å². The zero-order valence-corrected chi connectivity index (χ0v) is 21.1. The van der Waals surface area contributed by atoms with E-state index in [1.807, 2.05) is 32.0 Å². The summed E-state index contributed by atoms with van der Waals surface area (Å²) in [6.07, 6.45) is 2.24. The Morgan fingerprint density at radius 3 is 2.69 bits per heavy atom. The Bertz CT molecular complexity index is 1380. The molecule has 1 saturated heterocycles. The number of fused-ring (bicyclic) bond motifs is 1. The minimum atomic E-state index is -0.912. The minimum absolute atomic E-state index is 0.122. The predicted octanol–water partition coefficient (Wildman–Crippen LogP) is 6.50. The smallest absolute Gasteiger partial charge is 0.407 e. The van der Waals surface area contributed by atoms with E-state index in [0.717, 1.165) is 36.0 Å². The molecule has 1 atom stereocenters. The highest BCUT2D eigenvalue weighted by atomic mass is 35.5. The number of thiocarbonyl (C=S) groups is 1. The van der Waals surface area contributed by atoms with Crippen molar-refractivity contribution in [3.8, 4) is 16.9 Å². The Labute approximate surface area is 213 Å². The van der Waals surface area contributed by atoms with Crippen molar-refractivity contribution >= 4 is 51.7 Å². The van der Waals surface area contributed by atoms with Crippen LogP contribution in [0, 0.1) is 13.8 Å². The molecule has 1 amide bonds. The number of aromatic nitrogens is 1. The fraction of sp³-hybridized carbons (Fsp3) is 0.346. The van der Waals surface area contributed by atoms with E-state index in [2.05, 4.69) is 15.1 Å². The van der Waals surface area contributed by atoms with E-state index in [-0.39, 0.29) is 18.2 Å². The van der Waals surface area contributed by atoms with Crippen LogP contribution in [-0.4, -0.2) is 45.4 Å². The third-order valence-corrected chi connectivity index (χ3v) is 6.67. The van der Waals surface area contributed by atoms with E-state index in [9.17, 15) is 14.7 Å². The van der Waals surface area contributed by atoms with Crippen molar-refractivity contribution in [3.05, 3.63) is 56.8 Å². The molecule has 0 saturated carbocycles. The number of carbonyl (C=O) groups is 1. The highest BCUT2D eigenvalue weighted by molar-refractivity contribution is 7.78. The molecule has 0 radical (unpaired) electrons. The first-order chi connectivity index (χ1) is 16.8. The van der Waals surface area contributed by atoms with Crippen molar-refractivity contribution in [1.82, 2.24) is 9.88 Å². The normalized spacial score (nSPS) is 15.6. The lowest BCUT2D eigenvalue weighted by Gasteiger charge is -2.33. The number of piperidine rings is 1. The van der Waals surface area contributed by atoms with Gasteiger partial charge >= 0.3 is 6.09 Å². The second-order valence-electron chi connectivity index (χ2n) is 8.85. The van der Waals surface area contributed by atoms with Gasteiger partial charge in [0.2, 0.25) is 0 Å². The van der Waals surface area contributed by atoms with Gasteiger partial charge in [-0.05, 0) is 63.0 Å². The molecule has 1 unspecified atom stereocenters. The van der Waals surface area contributed by atoms with Crippen LogP contribution in [0.4, 0.5) is 10.5 Å². The standard InChI is InChI=1S/C26H26ClN3O4S/c1-15-9-16(2)11-17(10-15)23-24(34-8-6-18-5-3-4-7-30(18)26(32)33)19-12-22(28-14-35)20(27)13-21(19)29-25(23)31/h9-13,18H,3-8H2,1-2H3,(H,29,31)(H,32,33). The Morgan fingerprint density at radius 1 is 1.26 bits per heavy atom. The van der Waals surface area contributed by atoms with Crippen molar-refractivity contribution in [1.29, 1.82) is 0 Å². The molecule has 9 heteroatoms. The minimum Gasteiger partial charge on any atom is -0.492 e. The fourth-order valence-electron chi connectivity index (χ4n) is 4.79. The Kier molecular flexibility index (Phi) is 7.55. The van der Waals surface area contributed by atoms with E-state index in [4.69, 9.17) is 28.6 Å². The molecule has 1 aliphatic rings. The number of likely N-dealkylation sites (tertiary alicyclic amines) is 1. The van der Waals surface area contributed by atoms with Gasteiger partial charge in [-0.3, -0.25) is 4.79 Å². The number of nitrogens with one attached hydrogen (secondary N) is 1. The average molecular weight is 512 g/mol. The summed E-state index contributed by atoms with van der Waals surface area (Å²) >= 11 is 11.1. The molecule has 0 bridgehead atoms. The van der Waals surface area contributed by atoms with Gasteiger partial charge in [-0.2, -0.15) is 4.99 Å². The summed E-state index contributed by atoms with van der Waals surface area (Å²) < 4.78 is 6.30. The number of hydrogen-bond donors (Lipinski definition) is 2. The maximum absolute atomic E-state index is 13.3. The van der Waals surface area contributed by atoms with Gasteiger partial charge in [-0.15, -0.1) is 0 Å². The van der Waals surface area contributed by atoms with E-state index in [1.54, 1.807) is 12.1 Å². The summed E-state index contributed by atoms with van der Waals surface area (Å²) in [5.41, 5.74) is 3.81. The van der Waals surface area contributed by atoms with Gasteiger partial charge < -0.3 is 19.7 Å². The summed E-state index contributed by atoms with van der Waals surface area (Å²) in [7, 11) is 0. The first-order valence-electron chi connectivity index (χ1n) is 11.5. The first-order valence-corrected chi connectivity index (χ1v) is 12.3. The SMILES string of the molecule is Cc1cc(C)cc(-c2c(OCCC3CCCCN3C(=O)O)c3cc(N=C=S)c(Cl)cc3[nH]c2=O)c1. The number of carboxylic acid groups (broad SMARTS) is 1. The number of amides is 1. The quantitative estimate of drug-likeness (QED) is 0.291. The van der Waals surface area contributed by atoms with Gasteiger partial charge in [0.1, 0.15) is 5.75 Å². The summed E-state index contributed by atoms with van der Waals surface area (Å²) in [5.74, 6) is 0.406. The van der Waals surface area contributed by atoms with Crippen LogP contribution in [0.2, 0.25) is 5.02 Å². The number of benzene rings is 2. The van der Waals surface area contributed by atoms with Crippen molar-refractivity contribution in [2.24, 2.45) is 4.99 Å². The Morgan fingerprint density at radius 2 is 2.00 bits per heavy atom. The number of aryl methyl sites for hydroxylation is 2. The molecule has 3 aromatic rings. The van der Waals surface area contributed by atoms with Gasteiger partial charge in [0.15, 0.2) is 0 Å². The van der Waals surface area contributed by atoms with Crippen LogP contribution in [0.5, 0.6) is 5.75 Å². The van der Waals surface area contributed by atoms with Crippen LogP contribution < -0.4 is 10.3 Å². The maximum Gasteiger partial charge on any atom is 0.407 e. The van der Waals surface area contributed by atoms with Crippen LogP contribution in [0.3, 0.4) is 0 Å². The molecule has 0 aliphatic carbocycles. The summed E-state index contributed by atoms with van der Waals surface area (Å²) in [4.78, 5) is 33.4. The third kappa shape index (κ3) is 5.40. The van der Waals surface area contributed by atoms with Crippen LogP contribution in [0.1, 0.15) is 36.8 Å². The van der Waals surface area contributed by atoms with Gasteiger partial charge in [-0.25, -0.2) is 4.79 Å². The maximum atomic E-state index is 13.3. The van der Waals surface area contributed by atoms with Gasteiger partial charge in [0.05, 0.1) is 33.6 Å². The van der Waals surface area contributed by atoms with Crippen molar-refractivity contribution in [3.63, 3.8) is 0 Å². The molecule has 7 nitrogen and oxygen atoms in total. The number of hydrogen-bond acceptors (Lipinski definition) is 5. The largest absolute Gasteiger partial charge is 0.492 e. The summed E-state index contributed by atoms with van der Waals surface area (Å²) in [6, 6.07) is 9.14.